The van der Waals surface area contributed by atoms with Gasteiger partial charge in [0.05, 0.1) is 0 Å². The summed E-state index contributed by atoms with van der Waals surface area (Å²) in [5.41, 5.74) is 4.79. The molecule has 3 N–H and O–H groups in total. The zero-order valence-electron chi connectivity index (χ0n) is 11.5. The number of carbonyl (C=O) groups excluding carboxylic acids is 3. The number of hydrogen-bond acceptors (Lipinski definition) is 5. The number of halogens is 1. The van der Waals surface area contributed by atoms with E-state index in [1.807, 2.05) is 5.32 Å². The van der Waals surface area contributed by atoms with E-state index in [-0.39, 0.29) is 0 Å². The van der Waals surface area contributed by atoms with Crippen molar-refractivity contribution in [1.82, 2.24) is 5.32 Å². The molecule has 1 aromatic carbocycles. The smallest absolute Gasteiger partial charge is 0.347 e. The molecule has 7 nitrogen and oxygen atoms in total. The van der Waals surface area contributed by atoms with Gasteiger partial charge in [0.2, 0.25) is 0 Å². The number of esters is 1. The Morgan fingerprint density at radius 3 is 2.24 bits per heavy atom. The quantitative estimate of drug-likeness (QED) is 0.795. The Morgan fingerprint density at radius 2 is 1.71 bits per heavy atom. The molecule has 21 heavy (non-hydrogen) atoms. The maximum absolute atomic E-state index is 11.7. The van der Waals surface area contributed by atoms with Gasteiger partial charge in [0, 0.05) is 5.02 Å². The van der Waals surface area contributed by atoms with Gasteiger partial charge in [-0.1, -0.05) is 11.6 Å². The highest BCUT2D eigenvalue weighted by molar-refractivity contribution is 6.30. The molecule has 0 spiro atoms. The molecule has 0 aliphatic heterocycles. The number of nitrogens with two attached hydrogens (primary N) is 1. The minimum absolute atomic E-state index is 0.429. The van der Waals surface area contributed by atoms with Crippen LogP contribution in [-0.2, 0) is 14.3 Å². The summed E-state index contributed by atoms with van der Waals surface area (Å²) in [6, 6.07) is 5.38. The van der Waals surface area contributed by atoms with Crippen molar-refractivity contribution in [3.8, 4) is 5.75 Å². The van der Waals surface area contributed by atoms with Crippen LogP contribution in [0.1, 0.15) is 13.8 Å². The van der Waals surface area contributed by atoms with E-state index in [9.17, 15) is 14.4 Å². The van der Waals surface area contributed by atoms with Crippen LogP contribution in [-0.4, -0.2) is 30.1 Å². The Morgan fingerprint density at radius 1 is 1.14 bits per heavy atom. The summed E-state index contributed by atoms with van der Waals surface area (Å²) in [5, 5.41) is 2.35. The average molecular weight is 315 g/mol. The Kier molecular flexibility index (Phi) is 5.98. The van der Waals surface area contributed by atoms with Crippen molar-refractivity contribution in [2.24, 2.45) is 5.73 Å². The molecule has 0 heterocycles. The van der Waals surface area contributed by atoms with Crippen molar-refractivity contribution < 1.29 is 23.9 Å². The van der Waals surface area contributed by atoms with Crippen molar-refractivity contribution >= 4 is 29.5 Å². The number of ether oxygens (including phenoxy) is 2. The summed E-state index contributed by atoms with van der Waals surface area (Å²) < 4.78 is 10.2. The molecular weight excluding hydrogens is 300 g/mol. The first-order valence-electron chi connectivity index (χ1n) is 6.02. The minimum Gasteiger partial charge on any atom is -0.479 e. The topological polar surface area (TPSA) is 108 Å². The highest BCUT2D eigenvalue weighted by Gasteiger charge is 2.23. The second kappa shape index (κ2) is 7.49. The van der Waals surface area contributed by atoms with E-state index in [2.05, 4.69) is 0 Å². The van der Waals surface area contributed by atoms with E-state index in [1.165, 1.54) is 13.8 Å². The van der Waals surface area contributed by atoms with Gasteiger partial charge in [0.15, 0.2) is 12.2 Å². The highest BCUT2D eigenvalue weighted by Crippen LogP contribution is 2.17. The van der Waals surface area contributed by atoms with Crippen LogP contribution in [0.5, 0.6) is 5.75 Å². The SMILES string of the molecule is C[C@H](OC(=O)[C@H](C)Oc1ccc(Cl)cc1)C(=O)NC(N)=O. The van der Waals surface area contributed by atoms with Gasteiger partial charge in [-0.25, -0.2) is 9.59 Å². The van der Waals surface area contributed by atoms with Gasteiger partial charge in [-0.2, -0.15) is 0 Å². The number of nitrogens with one attached hydrogen (secondary N) is 1. The van der Waals surface area contributed by atoms with E-state index in [0.29, 0.717) is 10.8 Å². The molecule has 0 saturated carbocycles. The molecule has 0 aliphatic rings. The fourth-order valence-corrected chi connectivity index (χ4v) is 1.44. The summed E-state index contributed by atoms with van der Waals surface area (Å²) in [6.07, 6.45) is -2.10. The lowest BCUT2D eigenvalue weighted by molar-refractivity contribution is -0.160. The molecule has 0 bridgehead atoms. The molecule has 2 atom stereocenters. The lowest BCUT2D eigenvalue weighted by Crippen LogP contribution is -2.43. The van der Waals surface area contributed by atoms with Crippen LogP contribution in [0.25, 0.3) is 0 Å². The Balaban J connectivity index is 2.52. The van der Waals surface area contributed by atoms with Crippen LogP contribution in [0.15, 0.2) is 24.3 Å². The van der Waals surface area contributed by atoms with Crippen molar-refractivity contribution in [2.45, 2.75) is 26.1 Å². The summed E-state index contributed by atoms with van der Waals surface area (Å²) in [6.45, 7) is 2.78. The Bertz CT molecular complexity index is 532. The number of hydrogen-bond donors (Lipinski definition) is 2. The van der Waals surface area contributed by atoms with Gasteiger partial charge < -0.3 is 15.2 Å². The summed E-state index contributed by atoms with van der Waals surface area (Å²) in [4.78, 5) is 33.6. The van der Waals surface area contributed by atoms with Gasteiger partial charge in [-0.15, -0.1) is 0 Å². The van der Waals surface area contributed by atoms with Crippen molar-refractivity contribution in [2.75, 3.05) is 0 Å². The third-order valence-corrected chi connectivity index (χ3v) is 2.62. The highest BCUT2D eigenvalue weighted by atomic mass is 35.5. The number of amides is 3. The van der Waals surface area contributed by atoms with Gasteiger partial charge >= 0.3 is 12.0 Å². The van der Waals surface area contributed by atoms with Crippen molar-refractivity contribution in [1.29, 1.82) is 0 Å². The van der Waals surface area contributed by atoms with Gasteiger partial charge in [0.1, 0.15) is 5.75 Å². The molecule has 0 aliphatic carbocycles. The fourth-order valence-electron chi connectivity index (χ4n) is 1.31. The second-order valence-electron chi connectivity index (χ2n) is 4.15. The molecule has 8 heteroatoms. The van der Waals surface area contributed by atoms with Crippen LogP contribution in [0.3, 0.4) is 0 Å². The van der Waals surface area contributed by atoms with Crippen molar-refractivity contribution in [3.63, 3.8) is 0 Å². The second-order valence-corrected chi connectivity index (χ2v) is 4.58. The molecule has 0 aromatic heterocycles. The predicted octanol–water partition coefficient (Wildman–Crippen LogP) is 1.23. The molecule has 1 rings (SSSR count). The number of carbonyl (C=O) groups is 3. The molecule has 3 amide bonds. The monoisotopic (exact) mass is 314 g/mol. The summed E-state index contributed by atoms with van der Waals surface area (Å²) in [7, 11) is 0. The first kappa shape index (κ1) is 16.8. The average Bonchev–Trinajstić information content (AvgIpc) is 2.40. The molecule has 0 saturated heterocycles. The zero-order chi connectivity index (χ0) is 16.0. The normalized spacial score (nSPS) is 12.9. The number of benzene rings is 1. The van der Waals surface area contributed by atoms with Gasteiger partial charge in [-0.05, 0) is 38.1 Å². The zero-order valence-corrected chi connectivity index (χ0v) is 12.2. The fraction of sp³-hybridized carbons (Fsp3) is 0.308. The third kappa shape index (κ3) is 5.70. The number of rotatable bonds is 5. The van der Waals surface area contributed by atoms with E-state index in [4.69, 9.17) is 26.8 Å². The Labute approximate surface area is 126 Å². The van der Waals surface area contributed by atoms with Crippen LogP contribution in [0.4, 0.5) is 4.79 Å². The molecule has 0 radical (unpaired) electrons. The lowest BCUT2D eigenvalue weighted by Gasteiger charge is -2.17. The van der Waals surface area contributed by atoms with Crippen molar-refractivity contribution in [3.05, 3.63) is 29.3 Å². The molecular formula is C13H15ClN2O5. The third-order valence-electron chi connectivity index (χ3n) is 2.37. The van der Waals surface area contributed by atoms with Crippen LogP contribution in [0, 0.1) is 0 Å². The first-order valence-corrected chi connectivity index (χ1v) is 6.40. The standard InChI is InChI=1S/C13H15ClN2O5/c1-7(11(17)16-13(15)19)21-12(18)8(2)20-10-5-3-9(14)4-6-10/h3-8H,1-2H3,(H3,15,16,17,19)/t7-,8-/m0/s1. The maximum atomic E-state index is 11.7. The number of imide groups is 1. The van der Waals surface area contributed by atoms with E-state index >= 15 is 0 Å². The Hall–Kier alpha value is -2.28. The summed E-state index contributed by atoms with van der Waals surface area (Å²) in [5.74, 6) is -1.13. The minimum atomic E-state index is -1.17. The maximum Gasteiger partial charge on any atom is 0.347 e. The molecule has 114 valence electrons. The van der Waals surface area contributed by atoms with Crippen LogP contribution >= 0.6 is 11.6 Å². The lowest BCUT2D eigenvalue weighted by atomic mass is 10.3. The van der Waals surface area contributed by atoms with Crippen LogP contribution in [0.2, 0.25) is 5.02 Å². The molecule has 1 aromatic rings. The molecule has 0 unspecified atom stereocenters. The van der Waals surface area contributed by atoms with E-state index in [0.717, 1.165) is 0 Å². The first-order chi connectivity index (χ1) is 9.79. The van der Waals surface area contributed by atoms with E-state index in [1.54, 1.807) is 24.3 Å². The van der Waals surface area contributed by atoms with Gasteiger partial charge in [-0.3, -0.25) is 10.1 Å². The largest absolute Gasteiger partial charge is 0.479 e. The van der Waals surface area contributed by atoms with Gasteiger partial charge in [0.25, 0.3) is 5.91 Å². The number of primary amides is 1. The molecule has 0 fully saturated rings. The predicted molar refractivity (Wildman–Crippen MR) is 74.8 cm³/mol. The summed E-state index contributed by atoms with van der Waals surface area (Å²) >= 11 is 5.73. The van der Waals surface area contributed by atoms with Crippen LogP contribution < -0.4 is 15.8 Å². The number of urea groups is 1. The van der Waals surface area contributed by atoms with E-state index < -0.39 is 30.1 Å².